The van der Waals surface area contributed by atoms with Gasteiger partial charge in [-0.3, -0.25) is 19.8 Å². The summed E-state index contributed by atoms with van der Waals surface area (Å²) in [5.41, 5.74) is 2.02. The van der Waals surface area contributed by atoms with Crippen molar-refractivity contribution in [3.8, 4) is 0 Å². The number of amides is 2. The number of hydrogen-bond acceptors (Lipinski definition) is 8. The molecule has 2 aromatic rings. The summed E-state index contributed by atoms with van der Waals surface area (Å²) in [7, 11) is 1.33. The highest BCUT2D eigenvalue weighted by Crippen LogP contribution is 2.29. The number of fused-ring (bicyclic) bond motifs is 1. The Morgan fingerprint density at radius 2 is 2.06 bits per heavy atom. The fourth-order valence-corrected chi connectivity index (χ4v) is 4.67. The second-order valence-corrected chi connectivity index (χ2v) is 8.54. The molecule has 0 spiro atoms. The Balaban J connectivity index is 1.29. The number of nitrogens with zero attached hydrogens (tertiary/aromatic N) is 2. The van der Waals surface area contributed by atoms with Gasteiger partial charge in [0.1, 0.15) is 6.10 Å². The smallest absolute Gasteiger partial charge is 0.337 e. The van der Waals surface area contributed by atoms with Gasteiger partial charge in [0.05, 0.1) is 24.9 Å². The Morgan fingerprint density at radius 3 is 2.77 bits per heavy atom. The molecule has 2 N–H and O–H groups in total. The standard InChI is InChI=1S/C21H24N4O5S/c1-29-20(28)13-4-6-14(7-5-13)22-18(26)12-25-9-8-15-17(11-25)31-21(23-15)24-19(27)16-3-2-10-30-16/h4-7,16H,2-3,8-12H2,1H3,(H,22,26)(H,23,24,27). The molecule has 9 nitrogen and oxygen atoms in total. The number of nitrogens with one attached hydrogen (secondary N) is 2. The van der Waals surface area contributed by atoms with Crippen molar-refractivity contribution in [2.24, 2.45) is 0 Å². The van der Waals surface area contributed by atoms with Crippen molar-refractivity contribution >= 4 is 39.9 Å². The molecule has 2 aliphatic rings. The predicted molar refractivity (Wildman–Crippen MR) is 115 cm³/mol. The van der Waals surface area contributed by atoms with Crippen molar-refractivity contribution in [2.45, 2.75) is 31.9 Å². The van der Waals surface area contributed by atoms with Gasteiger partial charge in [-0.25, -0.2) is 9.78 Å². The first-order chi connectivity index (χ1) is 15.0. The summed E-state index contributed by atoms with van der Waals surface area (Å²) in [5.74, 6) is -0.693. The molecule has 1 aromatic heterocycles. The molecule has 0 aliphatic carbocycles. The van der Waals surface area contributed by atoms with Crippen molar-refractivity contribution in [1.29, 1.82) is 0 Å². The third kappa shape index (κ3) is 5.27. The maximum absolute atomic E-state index is 12.4. The van der Waals surface area contributed by atoms with Crippen LogP contribution in [-0.4, -0.2) is 60.6 Å². The van der Waals surface area contributed by atoms with Gasteiger partial charge in [-0.05, 0) is 37.1 Å². The minimum atomic E-state index is -0.419. The van der Waals surface area contributed by atoms with E-state index in [1.54, 1.807) is 24.3 Å². The number of benzene rings is 1. The Kier molecular flexibility index (Phi) is 6.59. The average Bonchev–Trinajstić information content (AvgIpc) is 3.43. The molecule has 0 radical (unpaired) electrons. The molecule has 1 unspecified atom stereocenters. The van der Waals surface area contributed by atoms with Crippen LogP contribution in [0.2, 0.25) is 0 Å². The highest BCUT2D eigenvalue weighted by molar-refractivity contribution is 7.15. The van der Waals surface area contributed by atoms with Crippen molar-refractivity contribution < 1.29 is 23.9 Å². The van der Waals surface area contributed by atoms with Crippen molar-refractivity contribution in [3.63, 3.8) is 0 Å². The molecule has 4 rings (SSSR count). The molecule has 1 saturated heterocycles. The summed E-state index contributed by atoms with van der Waals surface area (Å²) in [6.45, 7) is 2.19. The number of hydrogen-bond donors (Lipinski definition) is 2. The molecular weight excluding hydrogens is 420 g/mol. The summed E-state index contributed by atoms with van der Waals surface area (Å²) in [6.07, 6.45) is 1.98. The third-order valence-electron chi connectivity index (χ3n) is 5.22. The highest BCUT2D eigenvalue weighted by Gasteiger charge is 2.26. The molecule has 2 aliphatic heterocycles. The number of carbonyl (C=O) groups is 3. The Labute approximate surface area is 183 Å². The maximum Gasteiger partial charge on any atom is 0.337 e. The minimum Gasteiger partial charge on any atom is -0.465 e. The van der Waals surface area contributed by atoms with Crippen LogP contribution in [0.4, 0.5) is 10.8 Å². The number of thiazole rings is 1. The van der Waals surface area contributed by atoms with Gasteiger partial charge in [0.25, 0.3) is 5.91 Å². The first-order valence-corrected chi connectivity index (χ1v) is 10.9. The Morgan fingerprint density at radius 1 is 1.26 bits per heavy atom. The van der Waals surface area contributed by atoms with Crippen LogP contribution in [0.15, 0.2) is 24.3 Å². The molecule has 164 valence electrons. The quantitative estimate of drug-likeness (QED) is 0.656. The van der Waals surface area contributed by atoms with Crippen LogP contribution < -0.4 is 10.6 Å². The second kappa shape index (κ2) is 9.54. The van der Waals surface area contributed by atoms with E-state index < -0.39 is 5.97 Å². The fraction of sp³-hybridized carbons (Fsp3) is 0.429. The predicted octanol–water partition coefficient (Wildman–Crippen LogP) is 2.04. The first-order valence-electron chi connectivity index (χ1n) is 10.1. The largest absolute Gasteiger partial charge is 0.465 e. The summed E-state index contributed by atoms with van der Waals surface area (Å²) in [6, 6.07) is 6.56. The van der Waals surface area contributed by atoms with Crippen LogP contribution in [0, 0.1) is 0 Å². The van der Waals surface area contributed by atoms with Gasteiger partial charge < -0.3 is 14.8 Å². The van der Waals surface area contributed by atoms with E-state index in [-0.39, 0.29) is 24.5 Å². The van der Waals surface area contributed by atoms with Gasteiger partial charge >= 0.3 is 5.97 Å². The molecule has 10 heteroatoms. The zero-order chi connectivity index (χ0) is 21.8. The van der Waals surface area contributed by atoms with Crippen LogP contribution in [0.5, 0.6) is 0 Å². The van der Waals surface area contributed by atoms with Gasteiger partial charge in [-0.1, -0.05) is 0 Å². The van der Waals surface area contributed by atoms with Gasteiger partial charge in [0.2, 0.25) is 5.91 Å². The number of esters is 1. The lowest BCUT2D eigenvalue weighted by Gasteiger charge is -2.25. The van der Waals surface area contributed by atoms with Crippen molar-refractivity contribution in [1.82, 2.24) is 9.88 Å². The molecule has 0 saturated carbocycles. The van der Waals surface area contributed by atoms with E-state index in [9.17, 15) is 14.4 Å². The topological polar surface area (TPSA) is 110 Å². The van der Waals surface area contributed by atoms with Crippen LogP contribution in [0.25, 0.3) is 0 Å². The minimum absolute atomic E-state index is 0.134. The maximum atomic E-state index is 12.4. The van der Waals surface area contributed by atoms with E-state index in [0.29, 0.717) is 36.1 Å². The lowest BCUT2D eigenvalue weighted by Crippen LogP contribution is -2.36. The number of rotatable bonds is 6. The number of ether oxygens (including phenoxy) is 2. The summed E-state index contributed by atoms with van der Waals surface area (Å²) >= 11 is 1.45. The lowest BCUT2D eigenvalue weighted by molar-refractivity contribution is -0.124. The average molecular weight is 445 g/mol. The summed E-state index contributed by atoms with van der Waals surface area (Å²) in [4.78, 5) is 43.8. The van der Waals surface area contributed by atoms with Gasteiger partial charge in [-0.15, -0.1) is 11.3 Å². The molecule has 1 atom stereocenters. The second-order valence-electron chi connectivity index (χ2n) is 7.46. The molecule has 3 heterocycles. The monoisotopic (exact) mass is 444 g/mol. The van der Waals surface area contributed by atoms with E-state index in [2.05, 4.69) is 20.4 Å². The summed E-state index contributed by atoms with van der Waals surface area (Å²) < 4.78 is 10.1. The fourth-order valence-electron chi connectivity index (χ4n) is 3.62. The van der Waals surface area contributed by atoms with E-state index in [4.69, 9.17) is 4.74 Å². The van der Waals surface area contributed by atoms with E-state index in [1.165, 1.54) is 18.4 Å². The van der Waals surface area contributed by atoms with E-state index >= 15 is 0 Å². The third-order valence-corrected chi connectivity index (χ3v) is 6.22. The zero-order valence-electron chi connectivity index (χ0n) is 17.2. The Bertz CT molecular complexity index is 969. The van der Waals surface area contributed by atoms with Crippen LogP contribution in [0.1, 0.15) is 33.8 Å². The molecule has 2 amide bonds. The van der Waals surface area contributed by atoms with Gasteiger partial charge in [0, 0.05) is 36.7 Å². The lowest BCUT2D eigenvalue weighted by atomic mass is 10.2. The summed E-state index contributed by atoms with van der Waals surface area (Å²) in [5, 5.41) is 6.29. The van der Waals surface area contributed by atoms with Crippen molar-refractivity contribution in [3.05, 3.63) is 40.4 Å². The Hall–Kier alpha value is -2.82. The molecule has 31 heavy (non-hydrogen) atoms. The van der Waals surface area contributed by atoms with Gasteiger partial charge in [-0.2, -0.15) is 0 Å². The number of methoxy groups -OCH3 is 1. The molecule has 1 fully saturated rings. The number of anilines is 2. The van der Waals surface area contributed by atoms with E-state index in [1.807, 2.05) is 4.90 Å². The molecule has 1 aromatic carbocycles. The molecular formula is C21H24N4O5S. The number of aromatic nitrogens is 1. The van der Waals surface area contributed by atoms with Crippen molar-refractivity contribution in [2.75, 3.05) is 37.4 Å². The zero-order valence-corrected chi connectivity index (χ0v) is 18.0. The van der Waals surface area contributed by atoms with Crippen LogP contribution in [-0.2, 0) is 32.0 Å². The normalized spacial score (nSPS) is 18.3. The van der Waals surface area contributed by atoms with Crippen LogP contribution in [0.3, 0.4) is 0 Å². The molecule has 0 bridgehead atoms. The van der Waals surface area contributed by atoms with Crippen LogP contribution >= 0.6 is 11.3 Å². The van der Waals surface area contributed by atoms with E-state index in [0.717, 1.165) is 29.8 Å². The van der Waals surface area contributed by atoms with Gasteiger partial charge in [0.15, 0.2) is 5.13 Å². The highest BCUT2D eigenvalue weighted by atomic mass is 32.1. The SMILES string of the molecule is COC(=O)c1ccc(NC(=O)CN2CCc3nc(NC(=O)C4CCCO4)sc3C2)cc1. The number of carbonyl (C=O) groups excluding carboxylic acids is 3. The first kappa shape index (κ1) is 21.4.